The van der Waals surface area contributed by atoms with E-state index in [0.29, 0.717) is 23.3 Å². The van der Waals surface area contributed by atoms with E-state index < -0.39 is 0 Å². The third-order valence-corrected chi connectivity index (χ3v) is 31.7. The van der Waals surface area contributed by atoms with E-state index in [-0.39, 0.29) is 16.2 Å². The van der Waals surface area contributed by atoms with E-state index in [1.165, 1.54) is 176 Å². The van der Waals surface area contributed by atoms with Crippen LogP contribution in [0.25, 0.3) is 250 Å². The molecule has 0 saturated heterocycles. The van der Waals surface area contributed by atoms with Gasteiger partial charge in [0.15, 0.2) is 23.3 Å². The van der Waals surface area contributed by atoms with Crippen LogP contribution in [0.1, 0.15) is 74.9 Å². The standard InChI is InChI=1S/C48H34N2.C47H33N3.C46H32N4/c1-48(2)40-25-15-14-24-38(40)44-36-22-12-13-23-37(36)45-39-28-33(26-27-43(39)50(47(45)46(44)48)35-20-10-5-11-21-35)34-29-41(31-16-6-3-7-17-31)49-42(30-34)32-18-8-4-9-19-32;1-47(2)38-26-13-11-24-36(38)42-34-22-9-10-23-35(34)43-37-25-12-14-27-41(37)50(45(43)44(42)47)33-21-15-20-32(28-33)46-48-39(30-16-5-3-6-17-30)29-40(49-46)31-18-7-4-8-19-31;1-46(2)37-26-13-11-24-35(37)39-33-22-9-10-23-34(33)40-36-25-12-14-27-38(36)50(42(40)41(39)46)32-21-15-20-31(28-32)45-48-43(29-16-5-3-6-17-29)47-44(49-45)30-18-7-4-8-19-30/h3-30H,1-2H3;3-29H,1-2H3;3-28H,1-2H3. The summed E-state index contributed by atoms with van der Waals surface area (Å²) in [7, 11) is 0. The van der Waals surface area contributed by atoms with Gasteiger partial charge in [-0.15, -0.1) is 0 Å². The van der Waals surface area contributed by atoms with E-state index >= 15 is 0 Å². The highest BCUT2D eigenvalue weighted by atomic mass is 15.0. The molecule has 0 aliphatic heterocycles. The maximum absolute atomic E-state index is 5.18. The Bertz CT molecular complexity index is 9590. The predicted octanol–water partition coefficient (Wildman–Crippen LogP) is 36.1. The Morgan fingerprint density at radius 1 is 0.167 bits per heavy atom. The van der Waals surface area contributed by atoms with Crippen molar-refractivity contribution in [1.82, 2.24) is 43.6 Å². The molecule has 0 bridgehead atoms. The lowest BCUT2D eigenvalue weighted by atomic mass is 9.80. The summed E-state index contributed by atoms with van der Waals surface area (Å²) >= 11 is 0. The zero-order valence-corrected chi connectivity index (χ0v) is 83.8. The molecule has 0 unspecified atom stereocenters. The van der Waals surface area contributed by atoms with Crippen molar-refractivity contribution in [3.05, 3.63) is 525 Å². The van der Waals surface area contributed by atoms with Crippen LogP contribution in [-0.4, -0.2) is 43.6 Å². The van der Waals surface area contributed by atoms with Gasteiger partial charge in [-0.25, -0.2) is 29.9 Å². The molecule has 0 spiro atoms. The number of pyridine rings is 1. The van der Waals surface area contributed by atoms with Gasteiger partial charge in [0.2, 0.25) is 0 Å². The highest BCUT2D eigenvalue weighted by Crippen LogP contribution is 2.61. The van der Waals surface area contributed by atoms with Crippen molar-refractivity contribution in [2.24, 2.45) is 0 Å². The second-order valence-electron chi connectivity index (χ2n) is 41.4. The van der Waals surface area contributed by atoms with E-state index in [9.17, 15) is 0 Å². The quantitative estimate of drug-likeness (QED) is 0.121. The van der Waals surface area contributed by atoms with Gasteiger partial charge >= 0.3 is 0 Å². The number of aromatic nitrogens is 9. The number of fused-ring (bicyclic) bond motifs is 30. The molecule has 0 atom stereocenters. The first-order valence-corrected chi connectivity index (χ1v) is 51.8. The van der Waals surface area contributed by atoms with Crippen molar-refractivity contribution in [1.29, 1.82) is 0 Å². The summed E-state index contributed by atoms with van der Waals surface area (Å²) in [6.45, 7) is 14.3. The Morgan fingerprint density at radius 3 is 0.807 bits per heavy atom. The van der Waals surface area contributed by atoms with Crippen molar-refractivity contribution < 1.29 is 0 Å². The molecule has 0 radical (unpaired) electrons. The van der Waals surface area contributed by atoms with E-state index in [4.69, 9.17) is 29.9 Å². The normalized spacial score (nSPS) is 13.2. The van der Waals surface area contributed by atoms with Crippen LogP contribution in [0.3, 0.4) is 0 Å². The Kier molecular flexibility index (Phi) is 20.8. The number of para-hydroxylation sites is 3. The number of nitrogens with zero attached hydrogens (tertiary/aromatic N) is 9. The summed E-state index contributed by atoms with van der Waals surface area (Å²) in [5.74, 6) is 2.65. The van der Waals surface area contributed by atoms with Crippen LogP contribution in [0.5, 0.6) is 0 Å². The monoisotopic (exact) mass is 1920 g/mol. The molecule has 21 aromatic carbocycles. The molecule has 9 nitrogen and oxygen atoms in total. The first-order valence-electron chi connectivity index (χ1n) is 51.8. The fourth-order valence-electron chi connectivity index (χ4n) is 25.0. The van der Waals surface area contributed by atoms with Crippen LogP contribution in [0.2, 0.25) is 0 Å². The molecule has 708 valence electrons. The maximum Gasteiger partial charge on any atom is 0.164 e. The number of benzene rings is 21. The van der Waals surface area contributed by atoms with Gasteiger partial charge in [-0.05, 0) is 189 Å². The molecule has 0 N–H and O–H groups in total. The summed E-state index contributed by atoms with van der Waals surface area (Å²) in [5.41, 5.74) is 40.7. The molecule has 0 amide bonds. The Hall–Kier alpha value is -19.0. The average Bonchev–Trinajstić information content (AvgIpc) is 1.52. The van der Waals surface area contributed by atoms with E-state index in [2.05, 4.69) is 474 Å². The minimum atomic E-state index is -0.207. The van der Waals surface area contributed by atoms with Gasteiger partial charge in [-0.3, -0.25) is 0 Å². The van der Waals surface area contributed by atoms with Crippen LogP contribution >= 0.6 is 0 Å². The Labute approximate surface area is 869 Å². The lowest BCUT2D eigenvalue weighted by Gasteiger charge is -2.24. The van der Waals surface area contributed by atoms with Crippen LogP contribution < -0.4 is 0 Å². The van der Waals surface area contributed by atoms with Crippen molar-refractivity contribution in [2.45, 2.75) is 57.8 Å². The fourth-order valence-corrected chi connectivity index (χ4v) is 25.0. The predicted molar refractivity (Wildman–Crippen MR) is 623 cm³/mol. The Morgan fingerprint density at radius 2 is 0.433 bits per heavy atom. The van der Waals surface area contributed by atoms with E-state index in [0.717, 1.165) is 84.2 Å². The summed E-state index contributed by atoms with van der Waals surface area (Å²) in [6.07, 6.45) is 0. The first kappa shape index (κ1) is 88.7. The first-order chi connectivity index (χ1) is 73.7. The molecule has 3 aliphatic carbocycles. The van der Waals surface area contributed by atoms with Crippen molar-refractivity contribution in [2.75, 3.05) is 0 Å². The van der Waals surface area contributed by atoms with Crippen LogP contribution in [0.15, 0.2) is 491 Å². The molecular weight excluding hydrogens is 1820 g/mol. The van der Waals surface area contributed by atoms with E-state index in [1.807, 2.05) is 72.8 Å². The van der Waals surface area contributed by atoms with Gasteiger partial charge < -0.3 is 13.7 Å². The Balaban J connectivity index is 0.000000108. The highest BCUT2D eigenvalue weighted by Gasteiger charge is 2.44. The van der Waals surface area contributed by atoms with Crippen LogP contribution in [0, 0.1) is 0 Å². The van der Waals surface area contributed by atoms with Gasteiger partial charge in [0.25, 0.3) is 0 Å². The van der Waals surface area contributed by atoms with Gasteiger partial charge in [-0.2, -0.15) is 0 Å². The zero-order chi connectivity index (χ0) is 100. The smallest absolute Gasteiger partial charge is 0.164 e. The molecule has 3 aliphatic rings. The van der Waals surface area contributed by atoms with Gasteiger partial charge in [0, 0.05) is 110 Å². The van der Waals surface area contributed by atoms with Gasteiger partial charge in [0.1, 0.15) is 0 Å². The number of hydrogen-bond acceptors (Lipinski definition) is 6. The largest absolute Gasteiger partial charge is 0.309 e. The summed E-state index contributed by atoms with van der Waals surface area (Å²) in [6, 6.07) is 176. The summed E-state index contributed by atoms with van der Waals surface area (Å²) in [5, 5.41) is 15.4. The second-order valence-corrected chi connectivity index (χ2v) is 41.4. The third kappa shape index (κ3) is 14.2. The lowest BCUT2D eigenvalue weighted by molar-refractivity contribution is 0.664. The molecular formula is C141H99N9. The number of rotatable bonds is 12. The fraction of sp³-hybridized carbons (Fsp3) is 0.0638. The topological polar surface area (TPSA) is 92.1 Å². The number of hydrogen-bond donors (Lipinski definition) is 0. The van der Waals surface area contributed by atoms with Crippen LogP contribution in [-0.2, 0) is 16.2 Å². The average molecular weight is 1920 g/mol. The highest BCUT2D eigenvalue weighted by molar-refractivity contribution is 6.30. The van der Waals surface area contributed by atoms with Gasteiger partial charge in [-0.1, -0.05) is 454 Å². The molecule has 27 aromatic rings. The summed E-state index contributed by atoms with van der Waals surface area (Å²) in [4.78, 5) is 30.6. The minimum absolute atomic E-state index is 0.182. The molecule has 9 heteroatoms. The zero-order valence-electron chi connectivity index (χ0n) is 83.8. The van der Waals surface area contributed by atoms with Gasteiger partial charge in [0.05, 0.1) is 55.9 Å². The summed E-state index contributed by atoms with van der Waals surface area (Å²) < 4.78 is 7.49. The molecule has 0 saturated carbocycles. The second kappa shape index (κ2) is 35.2. The molecule has 30 rings (SSSR count). The third-order valence-electron chi connectivity index (χ3n) is 31.7. The molecule has 150 heavy (non-hydrogen) atoms. The lowest BCUT2D eigenvalue weighted by Crippen LogP contribution is -2.16. The molecule has 6 aromatic heterocycles. The molecule has 0 fully saturated rings. The SMILES string of the molecule is CC1(C)c2ccccc2-c2c1c1c(c3ccccc23)c2cc(-c3cc(-c4ccccc4)nc(-c4ccccc4)c3)ccc2n1-c1ccccc1.CC1(C)c2ccccc2-c2c1c1c(c3ccccc23)c2ccccc2n1-c1cccc(-c2nc(-c3ccccc3)cc(-c3ccccc3)n2)c1.CC1(C)c2ccccc2-c2c1c1c(c3ccccc23)c2ccccc2n1-c1cccc(-c2nc(-c3ccccc3)nc(-c3ccccc3)n2)c1. The van der Waals surface area contributed by atoms with Crippen molar-refractivity contribution in [3.8, 4) is 152 Å². The van der Waals surface area contributed by atoms with Crippen LogP contribution in [0.4, 0.5) is 0 Å². The van der Waals surface area contributed by atoms with Crippen molar-refractivity contribution in [3.63, 3.8) is 0 Å². The maximum atomic E-state index is 5.18. The minimum Gasteiger partial charge on any atom is -0.309 e. The van der Waals surface area contributed by atoms with Crippen molar-refractivity contribution >= 4 is 97.7 Å². The van der Waals surface area contributed by atoms with E-state index in [1.54, 1.807) is 0 Å². The molecule has 6 heterocycles.